The Morgan fingerprint density at radius 2 is 2.21 bits per heavy atom. The first-order valence-electron chi connectivity index (χ1n) is 6.60. The van der Waals surface area contributed by atoms with Crippen LogP contribution in [0, 0.1) is 0 Å². The summed E-state index contributed by atoms with van der Waals surface area (Å²) in [6.07, 6.45) is 1.91. The lowest BCUT2D eigenvalue weighted by Crippen LogP contribution is -2.49. The molecule has 0 radical (unpaired) electrons. The molecule has 0 aromatic carbocycles. The van der Waals surface area contributed by atoms with Gasteiger partial charge in [0, 0.05) is 6.54 Å². The van der Waals surface area contributed by atoms with Crippen LogP contribution in [0.2, 0.25) is 0 Å². The summed E-state index contributed by atoms with van der Waals surface area (Å²) < 4.78 is 10.6. The molecule has 1 rings (SSSR count). The third kappa shape index (κ3) is 6.40. The summed E-state index contributed by atoms with van der Waals surface area (Å²) in [6.45, 7) is 3.81. The molecular formula is C12H22N2O5. The second kappa shape index (κ2) is 8.71. The highest BCUT2D eigenvalue weighted by atomic mass is 16.6. The first-order chi connectivity index (χ1) is 9.13. The maximum absolute atomic E-state index is 11.6. The van der Waals surface area contributed by atoms with Crippen molar-refractivity contribution < 1.29 is 24.2 Å². The molecule has 2 amide bonds. The fourth-order valence-electron chi connectivity index (χ4n) is 1.74. The van der Waals surface area contributed by atoms with Crippen LogP contribution in [0.5, 0.6) is 0 Å². The number of urea groups is 1. The average Bonchev–Trinajstić information content (AvgIpc) is 2.42. The van der Waals surface area contributed by atoms with Crippen molar-refractivity contribution in [3.05, 3.63) is 0 Å². The summed E-state index contributed by atoms with van der Waals surface area (Å²) in [6, 6.07) is -1.33. The van der Waals surface area contributed by atoms with Gasteiger partial charge in [0.15, 0.2) is 0 Å². The van der Waals surface area contributed by atoms with Crippen molar-refractivity contribution in [1.82, 2.24) is 10.6 Å². The van der Waals surface area contributed by atoms with Gasteiger partial charge in [-0.3, -0.25) is 0 Å². The van der Waals surface area contributed by atoms with Gasteiger partial charge in [0.05, 0.1) is 25.9 Å². The Morgan fingerprint density at radius 3 is 2.79 bits per heavy atom. The fraction of sp³-hybridized carbons (Fsp3) is 0.833. The molecule has 19 heavy (non-hydrogen) atoms. The Bertz CT molecular complexity index is 292. The molecule has 7 nitrogen and oxygen atoms in total. The van der Waals surface area contributed by atoms with Crippen molar-refractivity contribution in [1.29, 1.82) is 0 Å². The van der Waals surface area contributed by atoms with Crippen LogP contribution < -0.4 is 10.6 Å². The van der Waals surface area contributed by atoms with Crippen LogP contribution in [0.1, 0.15) is 26.2 Å². The molecule has 0 aromatic heterocycles. The minimum atomic E-state index is -1.01. The predicted molar refractivity (Wildman–Crippen MR) is 68.0 cm³/mol. The number of carboxylic acids is 1. The maximum atomic E-state index is 11.6. The second-order valence-electron chi connectivity index (χ2n) is 4.46. The third-order valence-electron chi connectivity index (χ3n) is 2.83. The zero-order valence-electron chi connectivity index (χ0n) is 11.2. The Labute approximate surface area is 112 Å². The van der Waals surface area contributed by atoms with Gasteiger partial charge in [-0.05, 0) is 6.42 Å². The monoisotopic (exact) mass is 274 g/mol. The van der Waals surface area contributed by atoms with Gasteiger partial charge in [0.25, 0.3) is 0 Å². The maximum Gasteiger partial charge on any atom is 0.326 e. The van der Waals surface area contributed by atoms with Gasteiger partial charge in [0.1, 0.15) is 6.04 Å². The van der Waals surface area contributed by atoms with Crippen LogP contribution in [-0.2, 0) is 14.3 Å². The van der Waals surface area contributed by atoms with Crippen molar-refractivity contribution in [3.63, 3.8) is 0 Å². The van der Waals surface area contributed by atoms with Gasteiger partial charge in [0.2, 0.25) is 0 Å². The number of carboxylic acid groups (broad SMARTS) is 1. The van der Waals surface area contributed by atoms with Crippen molar-refractivity contribution in [2.24, 2.45) is 0 Å². The van der Waals surface area contributed by atoms with Gasteiger partial charge >= 0.3 is 12.0 Å². The first-order valence-corrected chi connectivity index (χ1v) is 6.60. The van der Waals surface area contributed by atoms with Gasteiger partial charge in [-0.2, -0.15) is 0 Å². The van der Waals surface area contributed by atoms with Crippen molar-refractivity contribution in [2.75, 3.05) is 26.4 Å². The van der Waals surface area contributed by atoms with Gasteiger partial charge in [-0.1, -0.05) is 19.8 Å². The minimum absolute atomic E-state index is 0.168. The molecule has 1 unspecified atom stereocenters. The lowest BCUT2D eigenvalue weighted by atomic mass is 10.1. The Balaban J connectivity index is 2.25. The molecule has 3 N–H and O–H groups in total. The van der Waals surface area contributed by atoms with E-state index >= 15 is 0 Å². The number of carbonyl (C=O) groups is 2. The second-order valence-corrected chi connectivity index (χ2v) is 4.46. The van der Waals surface area contributed by atoms with Crippen LogP contribution in [0.3, 0.4) is 0 Å². The lowest BCUT2D eigenvalue weighted by molar-refractivity contribution is -0.139. The largest absolute Gasteiger partial charge is 0.480 e. The smallest absolute Gasteiger partial charge is 0.326 e. The standard InChI is InChI=1S/C12H22N2O5/c1-2-3-4-10(11(15)16)14-12(17)13-7-9-8-18-5-6-19-9/h9-10H,2-8H2,1H3,(H,15,16)(H2,13,14,17)/t9?,10-/m0/s1. The number of unbranched alkanes of at least 4 members (excludes halogenated alkanes) is 1. The van der Waals surface area contributed by atoms with Crippen molar-refractivity contribution in [3.8, 4) is 0 Å². The van der Waals surface area contributed by atoms with E-state index in [1.54, 1.807) is 0 Å². The normalized spacial score (nSPS) is 20.6. The topological polar surface area (TPSA) is 96.9 Å². The van der Waals surface area contributed by atoms with Gasteiger partial charge in [-0.25, -0.2) is 9.59 Å². The zero-order chi connectivity index (χ0) is 14.1. The summed E-state index contributed by atoms with van der Waals surface area (Å²) in [4.78, 5) is 22.5. The number of hydrogen-bond donors (Lipinski definition) is 3. The highest BCUT2D eigenvalue weighted by molar-refractivity contribution is 5.82. The van der Waals surface area contributed by atoms with E-state index < -0.39 is 18.0 Å². The molecule has 1 fully saturated rings. The highest BCUT2D eigenvalue weighted by Gasteiger charge is 2.20. The summed E-state index contributed by atoms with van der Waals surface area (Å²) in [5.41, 5.74) is 0. The number of nitrogens with one attached hydrogen (secondary N) is 2. The molecule has 0 aromatic rings. The minimum Gasteiger partial charge on any atom is -0.480 e. The molecule has 0 spiro atoms. The fourth-order valence-corrected chi connectivity index (χ4v) is 1.74. The Kier molecular flexibility index (Phi) is 7.20. The predicted octanol–water partition coefficient (Wildman–Crippen LogP) is 0.344. The van der Waals surface area contributed by atoms with Crippen molar-refractivity contribution >= 4 is 12.0 Å². The van der Waals surface area contributed by atoms with E-state index in [-0.39, 0.29) is 6.10 Å². The number of rotatable bonds is 7. The van der Waals surface area contributed by atoms with E-state index in [2.05, 4.69) is 10.6 Å². The van der Waals surface area contributed by atoms with E-state index in [9.17, 15) is 9.59 Å². The number of ether oxygens (including phenoxy) is 2. The van der Waals surface area contributed by atoms with E-state index in [1.165, 1.54) is 0 Å². The lowest BCUT2D eigenvalue weighted by Gasteiger charge is -2.23. The molecule has 7 heteroatoms. The Morgan fingerprint density at radius 1 is 1.42 bits per heavy atom. The molecule has 1 heterocycles. The number of amides is 2. The van der Waals surface area contributed by atoms with Crippen LogP contribution in [0.15, 0.2) is 0 Å². The summed E-state index contributed by atoms with van der Waals surface area (Å²) in [5.74, 6) is -1.01. The number of aliphatic carboxylic acids is 1. The summed E-state index contributed by atoms with van der Waals surface area (Å²) in [7, 11) is 0. The highest BCUT2D eigenvalue weighted by Crippen LogP contribution is 2.01. The molecule has 0 aliphatic carbocycles. The first kappa shape index (κ1) is 15.7. The van der Waals surface area contributed by atoms with Crippen LogP contribution in [-0.4, -0.2) is 55.6 Å². The Hall–Kier alpha value is -1.34. The molecular weight excluding hydrogens is 252 g/mol. The molecule has 1 saturated heterocycles. The molecule has 0 saturated carbocycles. The number of carbonyl (C=O) groups excluding carboxylic acids is 1. The van der Waals surface area contributed by atoms with Crippen molar-refractivity contribution in [2.45, 2.75) is 38.3 Å². The van der Waals surface area contributed by atoms with Crippen LogP contribution in [0.4, 0.5) is 4.79 Å². The van der Waals surface area contributed by atoms with E-state index in [0.717, 1.165) is 12.8 Å². The van der Waals surface area contributed by atoms with Crippen LogP contribution >= 0.6 is 0 Å². The molecule has 1 aliphatic rings. The molecule has 2 atom stereocenters. The average molecular weight is 274 g/mol. The van der Waals surface area contributed by atoms with Crippen LogP contribution in [0.25, 0.3) is 0 Å². The summed E-state index contributed by atoms with van der Waals surface area (Å²) >= 11 is 0. The number of hydrogen-bond acceptors (Lipinski definition) is 4. The van der Waals surface area contributed by atoms with E-state index in [0.29, 0.717) is 32.8 Å². The molecule has 1 aliphatic heterocycles. The van der Waals surface area contributed by atoms with E-state index in [1.807, 2.05) is 6.92 Å². The third-order valence-corrected chi connectivity index (χ3v) is 2.83. The van der Waals surface area contributed by atoms with Gasteiger partial charge in [-0.15, -0.1) is 0 Å². The molecule has 0 bridgehead atoms. The van der Waals surface area contributed by atoms with E-state index in [4.69, 9.17) is 14.6 Å². The zero-order valence-corrected chi connectivity index (χ0v) is 11.2. The quantitative estimate of drug-likeness (QED) is 0.622. The van der Waals surface area contributed by atoms with Gasteiger partial charge < -0.3 is 25.2 Å². The molecule has 110 valence electrons. The summed E-state index contributed by atoms with van der Waals surface area (Å²) in [5, 5.41) is 14.0. The SMILES string of the molecule is CCCC[C@H](NC(=O)NCC1COCCO1)C(=O)O.